The molecule has 0 radical (unpaired) electrons. The van der Waals surface area contributed by atoms with Gasteiger partial charge in [-0.15, -0.1) is 0 Å². The molecule has 19 heavy (non-hydrogen) atoms. The van der Waals surface area contributed by atoms with Crippen molar-refractivity contribution in [1.82, 2.24) is 5.32 Å². The van der Waals surface area contributed by atoms with Crippen LogP contribution in [-0.2, 0) is 4.79 Å². The summed E-state index contributed by atoms with van der Waals surface area (Å²) < 4.78 is 5.60. The van der Waals surface area contributed by atoms with Crippen molar-refractivity contribution >= 4 is 5.91 Å². The summed E-state index contributed by atoms with van der Waals surface area (Å²) in [6, 6.07) is 7.50. The number of carbonyl (C=O) groups is 1. The van der Waals surface area contributed by atoms with Crippen LogP contribution in [0.15, 0.2) is 24.3 Å². The number of hydrogen-bond acceptors (Lipinski definition) is 3. The Hall–Kier alpha value is -1.55. The van der Waals surface area contributed by atoms with Crippen molar-refractivity contribution < 1.29 is 9.53 Å². The van der Waals surface area contributed by atoms with Crippen molar-refractivity contribution in [3.8, 4) is 5.75 Å². The van der Waals surface area contributed by atoms with Gasteiger partial charge in [0, 0.05) is 11.6 Å². The second-order valence-corrected chi connectivity index (χ2v) is 4.98. The third kappa shape index (κ3) is 4.24. The Bertz CT molecular complexity index is 418. The van der Waals surface area contributed by atoms with Gasteiger partial charge in [0.15, 0.2) is 0 Å². The molecule has 4 nitrogen and oxygen atoms in total. The highest BCUT2D eigenvalue weighted by Gasteiger charge is 2.22. The first kappa shape index (κ1) is 15.5. The first-order valence-electron chi connectivity index (χ1n) is 6.74. The minimum Gasteiger partial charge on any atom is -0.494 e. The summed E-state index contributed by atoms with van der Waals surface area (Å²) in [5, 5.41) is 3.28. The van der Waals surface area contributed by atoms with Crippen LogP contribution in [0.1, 0.15) is 39.3 Å². The van der Waals surface area contributed by atoms with Gasteiger partial charge in [-0.2, -0.15) is 0 Å². The molecule has 4 heteroatoms. The number of hydrogen-bond donors (Lipinski definition) is 2. The largest absolute Gasteiger partial charge is 0.494 e. The van der Waals surface area contributed by atoms with E-state index in [0.717, 1.165) is 11.3 Å². The monoisotopic (exact) mass is 264 g/mol. The Morgan fingerprint density at radius 3 is 2.47 bits per heavy atom. The van der Waals surface area contributed by atoms with Crippen LogP contribution in [0.25, 0.3) is 0 Å². The number of para-hydroxylation sites is 1. The van der Waals surface area contributed by atoms with Crippen LogP contribution in [0.4, 0.5) is 0 Å². The summed E-state index contributed by atoms with van der Waals surface area (Å²) >= 11 is 0. The quantitative estimate of drug-likeness (QED) is 0.794. The third-order valence-electron chi connectivity index (χ3n) is 3.09. The fraction of sp³-hybridized carbons (Fsp3) is 0.533. The van der Waals surface area contributed by atoms with Gasteiger partial charge in [-0.1, -0.05) is 32.0 Å². The van der Waals surface area contributed by atoms with E-state index in [0.29, 0.717) is 6.61 Å². The number of primary amides is 1. The molecule has 0 aliphatic heterocycles. The Kier molecular flexibility index (Phi) is 5.83. The van der Waals surface area contributed by atoms with Crippen LogP contribution >= 0.6 is 0 Å². The first-order valence-corrected chi connectivity index (χ1v) is 6.74. The van der Waals surface area contributed by atoms with Crippen molar-refractivity contribution in [1.29, 1.82) is 0 Å². The molecule has 2 unspecified atom stereocenters. The minimum absolute atomic E-state index is 0.00245. The minimum atomic E-state index is -0.343. The lowest BCUT2D eigenvalue weighted by Gasteiger charge is -2.25. The molecule has 1 amide bonds. The Labute approximate surface area is 115 Å². The van der Waals surface area contributed by atoms with Gasteiger partial charge in [0.2, 0.25) is 5.91 Å². The summed E-state index contributed by atoms with van der Waals surface area (Å²) in [6.45, 7) is 8.53. The van der Waals surface area contributed by atoms with Gasteiger partial charge in [-0.3, -0.25) is 10.1 Å². The van der Waals surface area contributed by atoms with Crippen molar-refractivity contribution in [3.05, 3.63) is 29.8 Å². The van der Waals surface area contributed by atoms with E-state index in [-0.39, 0.29) is 23.9 Å². The molecule has 0 fully saturated rings. The number of rotatable bonds is 7. The van der Waals surface area contributed by atoms with Crippen molar-refractivity contribution in [2.45, 2.75) is 39.8 Å². The van der Waals surface area contributed by atoms with Crippen LogP contribution in [0, 0.1) is 5.92 Å². The standard InChI is InChI=1S/C15H24N2O2/c1-5-19-13-9-7-6-8-12(13)11(4)17-14(10(2)3)15(16)18/h6-11,14,17H,5H2,1-4H3,(H2,16,18). The van der Waals surface area contributed by atoms with Crippen LogP contribution in [0.2, 0.25) is 0 Å². The fourth-order valence-corrected chi connectivity index (χ4v) is 2.09. The van der Waals surface area contributed by atoms with Crippen LogP contribution in [-0.4, -0.2) is 18.6 Å². The van der Waals surface area contributed by atoms with Crippen LogP contribution in [0.5, 0.6) is 5.75 Å². The predicted octanol–water partition coefficient (Wildman–Crippen LogP) is 2.25. The van der Waals surface area contributed by atoms with Gasteiger partial charge < -0.3 is 10.5 Å². The molecule has 2 atom stereocenters. The highest BCUT2D eigenvalue weighted by molar-refractivity contribution is 5.80. The Balaban J connectivity index is 2.87. The lowest BCUT2D eigenvalue weighted by atomic mass is 10.00. The van der Waals surface area contributed by atoms with Gasteiger partial charge in [0.25, 0.3) is 0 Å². The summed E-state index contributed by atoms with van der Waals surface area (Å²) in [7, 11) is 0. The van der Waals surface area contributed by atoms with Gasteiger partial charge in [0.1, 0.15) is 5.75 Å². The van der Waals surface area contributed by atoms with Gasteiger partial charge >= 0.3 is 0 Å². The normalized spacial score (nSPS) is 14.2. The molecule has 0 spiro atoms. The van der Waals surface area contributed by atoms with E-state index >= 15 is 0 Å². The number of amides is 1. The highest BCUT2D eigenvalue weighted by atomic mass is 16.5. The SMILES string of the molecule is CCOc1ccccc1C(C)NC(C(N)=O)C(C)C. The molecule has 0 aromatic heterocycles. The molecule has 0 aliphatic rings. The average Bonchev–Trinajstić information content (AvgIpc) is 2.36. The molecule has 1 aromatic carbocycles. The molecule has 0 saturated heterocycles. The number of ether oxygens (including phenoxy) is 1. The number of nitrogens with one attached hydrogen (secondary N) is 1. The van der Waals surface area contributed by atoms with Gasteiger partial charge in [-0.25, -0.2) is 0 Å². The second-order valence-electron chi connectivity index (χ2n) is 4.98. The molecule has 106 valence electrons. The maximum absolute atomic E-state index is 11.4. The molecule has 1 aromatic rings. The lowest BCUT2D eigenvalue weighted by Crippen LogP contribution is -2.45. The topological polar surface area (TPSA) is 64.3 Å². The first-order chi connectivity index (χ1) is 8.97. The van der Waals surface area contributed by atoms with Crippen LogP contribution < -0.4 is 15.8 Å². The average molecular weight is 264 g/mol. The summed E-state index contributed by atoms with van der Waals surface area (Å²) in [4.78, 5) is 11.4. The number of benzene rings is 1. The van der Waals surface area contributed by atoms with Gasteiger partial charge in [-0.05, 0) is 25.8 Å². The number of nitrogens with two attached hydrogens (primary N) is 1. The highest BCUT2D eigenvalue weighted by Crippen LogP contribution is 2.25. The third-order valence-corrected chi connectivity index (χ3v) is 3.09. The molecule has 0 aliphatic carbocycles. The summed E-state index contributed by atoms with van der Waals surface area (Å²) in [6.07, 6.45) is 0. The molecule has 0 heterocycles. The molecule has 3 N–H and O–H groups in total. The Morgan fingerprint density at radius 1 is 1.32 bits per heavy atom. The van der Waals surface area contributed by atoms with Crippen LogP contribution in [0.3, 0.4) is 0 Å². The Morgan fingerprint density at radius 2 is 1.95 bits per heavy atom. The summed E-state index contributed by atoms with van der Waals surface area (Å²) in [5.74, 6) is 0.673. The smallest absolute Gasteiger partial charge is 0.234 e. The molecule has 0 saturated carbocycles. The van der Waals surface area contributed by atoms with Gasteiger partial charge in [0.05, 0.1) is 12.6 Å². The van der Waals surface area contributed by atoms with E-state index in [1.54, 1.807) is 0 Å². The lowest BCUT2D eigenvalue weighted by molar-refractivity contribution is -0.121. The van der Waals surface area contributed by atoms with E-state index in [4.69, 9.17) is 10.5 Å². The van der Waals surface area contributed by atoms with Crippen molar-refractivity contribution in [2.24, 2.45) is 11.7 Å². The van der Waals surface area contributed by atoms with Crippen molar-refractivity contribution in [2.75, 3.05) is 6.61 Å². The zero-order valence-electron chi connectivity index (χ0n) is 12.1. The number of carbonyl (C=O) groups excluding carboxylic acids is 1. The molecule has 0 bridgehead atoms. The maximum atomic E-state index is 11.4. The zero-order valence-corrected chi connectivity index (χ0v) is 12.1. The molecular weight excluding hydrogens is 240 g/mol. The molecule has 1 rings (SSSR count). The maximum Gasteiger partial charge on any atom is 0.234 e. The van der Waals surface area contributed by atoms with E-state index < -0.39 is 0 Å². The van der Waals surface area contributed by atoms with E-state index in [9.17, 15) is 4.79 Å². The van der Waals surface area contributed by atoms with E-state index in [1.165, 1.54) is 0 Å². The fourth-order valence-electron chi connectivity index (χ4n) is 2.09. The zero-order chi connectivity index (χ0) is 14.4. The summed E-state index contributed by atoms with van der Waals surface area (Å²) in [5.41, 5.74) is 6.47. The molecular formula is C15H24N2O2. The van der Waals surface area contributed by atoms with E-state index in [1.807, 2.05) is 52.0 Å². The second kappa shape index (κ2) is 7.14. The van der Waals surface area contributed by atoms with E-state index in [2.05, 4.69) is 5.32 Å². The predicted molar refractivity (Wildman–Crippen MR) is 77.0 cm³/mol. The van der Waals surface area contributed by atoms with Crippen molar-refractivity contribution in [3.63, 3.8) is 0 Å².